The smallest absolute Gasteiger partial charge is 0.0893 e. The Morgan fingerprint density at radius 2 is 0.974 bits per heavy atom. The first kappa shape index (κ1) is 28.5. The molecule has 0 aliphatic carbocycles. The van der Waals surface area contributed by atoms with E-state index in [4.69, 9.17) is 29.2 Å². The zero-order valence-electron chi connectivity index (χ0n) is 23.4. The molecule has 0 aliphatic heterocycles. The summed E-state index contributed by atoms with van der Waals surface area (Å²) in [5, 5.41) is 0. The molecule has 204 valence electrons. The summed E-state index contributed by atoms with van der Waals surface area (Å²) in [6.07, 6.45) is 1.94. The monoisotopic (exact) mass is 526 g/mol. The number of hydrogen-bond acceptors (Lipinski definition) is 7. The Balaban J connectivity index is 1.26. The molecule has 0 aromatic carbocycles. The van der Waals surface area contributed by atoms with E-state index < -0.39 is 0 Å². The predicted octanol–water partition coefficient (Wildman–Crippen LogP) is 6.74. The van der Waals surface area contributed by atoms with Gasteiger partial charge in [-0.3, -0.25) is 4.98 Å². The minimum absolute atomic E-state index is 0.0917. The molecule has 39 heavy (non-hydrogen) atoms. The zero-order chi connectivity index (χ0) is 27.5. The van der Waals surface area contributed by atoms with E-state index in [-0.39, 0.29) is 5.60 Å². The van der Waals surface area contributed by atoms with Crippen LogP contribution in [0.1, 0.15) is 56.4 Å². The van der Waals surface area contributed by atoms with Crippen molar-refractivity contribution in [1.29, 1.82) is 0 Å². The summed E-state index contributed by atoms with van der Waals surface area (Å²) in [7, 11) is 0. The van der Waals surface area contributed by atoms with E-state index in [0.29, 0.717) is 26.4 Å². The fraction of sp³-hybridized carbons (Fsp3) is 0.375. The van der Waals surface area contributed by atoms with Gasteiger partial charge in [0.25, 0.3) is 0 Å². The zero-order valence-corrected chi connectivity index (χ0v) is 23.4. The average molecular weight is 527 g/mol. The molecule has 0 spiro atoms. The van der Waals surface area contributed by atoms with Gasteiger partial charge in [-0.05, 0) is 89.1 Å². The largest absolute Gasteiger partial charge is 0.376 e. The molecule has 0 atom stereocenters. The van der Waals surface area contributed by atoms with Crippen LogP contribution < -0.4 is 0 Å². The van der Waals surface area contributed by atoms with Gasteiger partial charge in [0.1, 0.15) is 0 Å². The van der Waals surface area contributed by atoms with Gasteiger partial charge in [0.2, 0.25) is 0 Å². The van der Waals surface area contributed by atoms with Crippen molar-refractivity contribution in [3.8, 4) is 22.8 Å². The lowest BCUT2D eigenvalue weighted by Gasteiger charge is -2.19. The van der Waals surface area contributed by atoms with E-state index >= 15 is 0 Å². The first-order valence-electron chi connectivity index (χ1n) is 13.5. The molecule has 4 aromatic rings. The number of unbranched alkanes of at least 4 members (excludes halogenated alkanes) is 1. The number of rotatable bonds is 13. The number of nitrogens with zero attached hydrogens (tertiary/aromatic N) is 4. The summed E-state index contributed by atoms with van der Waals surface area (Å²) >= 11 is 0. The Kier molecular flexibility index (Phi) is 10.3. The van der Waals surface area contributed by atoms with E-state index in [1.165, 1.54) is 0 Å². The number of pyridine rings is 4. The van der Waals surface area contributed by atoms with Crippen LogP contribution in [-0.4, -0.2) is 38.8 Å². The van der Waals surface area contributed by atoms with Crippen LogP contribution in [0.5, 0.6) is 0 Å². The second-order valence-corrected chi connectivity index (χ2v) is 10.4. The Morgan fingerprint density at radius 1 is 0.538 bits per heavy atom. The van der Waals surface area contributed by atoms with Crippen molar-refractivity contribution in [2.24, 2.45) is 0 Å². The SMILES string of the molecule is Cc1cccc(-c2cccc(COCc3cccc(-c4cccc(COCCCCOC(C)(C)C)n4)n3)n2)n1. The highest BCUT2D eigenvalue weighted by molar-refractivity contribution is 5.55. The first-order valence-corrected chi connectivity index (χ1v) is 13.5. The topological polar surface area (TPSA) is 79.2 Å². The third-order valence-corrected chi connectivity index (χ3v) is 5.80. The van der Waals surface area contributed by atoms with Crippen molar-refractivity contribution in [3.05, 3.63) is 95.6 Å². The third-order valence-electron chi connectivity index (χ3n) is 5.80. The Labute approximate surface area is 231 Å². The molecule has 4 rings (SSSR count). The van der Waals surface area contributed by atoms with Crippen LogP contribution in [-0.2, 0) is 34.0 Å². The minimum Gasteiger partial charge on any atom is -0.376 e. The maximum atomic E-state index is 5.95. The molecule has 0 radical (unpaired) electrons. The number of aromatic nitrogens is 4. The Bertz CT molecular complexity index is 1340. The summed E-state index contributed by atoms with van der Waals surface area (Å²) in [5.74, 6) is 0. The van der Waals surface area contributed by atoms with Crippen LogP contribution in [0.3, 0.4) is 0 Å². The van der Waals surface area contributed by atoms with E-state index in [1.807, 2.05) is 79.7 Å². The van der Waals surface area contributed by atoms with E-state index in [9.17, 15) is 0 Å². The van der Waals surface area contributed by atoms with Crippen LogP contribution in [0, 0.1) is 6.92 Å². The van der Waals surface area contributed by atoms with Crippen molar-refractivity contribution in [1.82, 2.24) is 19.9 Å². The van der Waals surface area contributed by atoms with Crippen molar-refractivity contribution in [3.63, 3.8) is 0 Å². The van der Waals surface area contributed by atoms with Crippen molar-refractivity contribution < 1.29 is 14.2 Å². The molecule has 7 heteroatoms. The van der Waals surface area contributed by atoms with Crippen LogP contribution >= 0.6 is 0 Å². The molecule has 4 aromatic heterocycles. The number of ether oxygens (including phenoxy) is 3. The van der Waals surface area contributed by atoms with Gasteiger partial charge in [0, 0.05) is 18.9 Å². The van der Waals surface area contributed by atoms with Gasteiger partial charge in [-0.15, -0.1) is 0 Å². The van der Waals surface area contributed by atoms with Gasteiger partial charge in [-0.25, -0.2) is 15.0 Å². The summed E-state index contributed by atoms with van der Waals surface area (Å²) < 4.78 is 17.5. The van der Waals surface area contributed by atoms with Crippen LogP contribution in [0.15, 0.2) is 72.8 Å². The normalized spacial score (nSPS) is 11.6. The van der Waals surface area contributed by atoms with E-state index in [2.05, 4.69) is 25.8 Å². The fourth-order valence-electron chi connectivity index (χ4n) is 3.92. The predicted molar refractivity (Wildman–Crippen MR) is 153 cm³/mol. The standard InChI is InChI=1S/C32H38N4O3/c1-24-11-7-15-28(33-24)29-16-9-13-26(35-29)22-38-23-27-14-10-18-31(36-27)30-17-8-12-25(34-30)21-37-19-5-6-20-39-32(2,3)4/h7-18H,5-6,19-23H2,1-4H3. The first-order chi connectivity index (χ1) is 18.9. The fourth-order valence-corrected chi connectivity index (χ4v) is 3.92. The van der Waals surface area contributed by atoms with Gasteiger partial charge in [0.15, 0.2) is 0 Å². The molecule has 7 nitrogen and oxygen atoms in total. The summed E-state index contributed by atoms with van der Waals surface area (Å²) in [4.78, 5) is 18.8. The molecule has 0 saturated heterocycles. The molecular formula is C32H38N4O3. The third kappa shape index (κ3) is 9.62. The molecular weight excluding hydrogens is 488 g/mol. The van der Waals surface area contributed by atoms with Gasteiger partial charge in [0.05, 0.1) is 65.3 Å². The van der Waals surface area contributed by atoms with Crippen LogP contribution in [0.2, 0.25) is 0 Å². The quantitative estimate of drug-likeness (QED) is 0.179. The maximum absolute atomic E-state index is 5.95. The second kappa shape index (κ2) is 14.0. The molecule has 0 saturated carbocycles. The number of aryl methyl sites for hydroxylation is 1. The lowest BCUT2D eigenvalue weighted by molar-refractivity contribution is -0.00768. The lowest BCUT2D eigenvalue weighted by Crippen LogP contribution is -2.19. The van der Waals surface area contributed by atoms with Crippen molar-refractivity contribution >= 4 is 0 Å². The lowest BCUT2D eigenvalue weighted by atomic mass is 10.2. The molecule has 0 amide bonds. The highest BCUT2D eigenvalue weighted by Gasteiger charge is 2.09. The number of hydrogen-bond donors (Lipinski definition) is 0. The van der Waals surface area contributed by atoms with Gasteiger partial charge >= 0.3 is 0 Å². The van der Waals surface area contributed by atoms with Gasteiger partial charge in [-0.1, -0.05) is 24.3 Å². The molecule has 0 fully saturated rings. The summed E-state index contributed by atoms with van der Waals surface area (Å²) in [6, 6.07) is 23.7. The molecule has 0 bridgehead atoms. The van der Waals surface area contributed by atoms with Gasteiger partial charge < -0.3 is 14.2 Å². The van der Waals surface area contributed by atoms with E-state index in [1.54, 1.807) is 0 Å². The summed E-state index contributed by atoms with van der Waals surface area (Å²) in [6.45, 7) is 10.9. The van der Waals surface area contributed by atoms with Crippen LogP contribution in [0.25, 0.3) is 22.8 Å². The van der Waals surface area contributed by atoms with Crippen molar-refractivity contribution in [2.75, 3.05) is 13.2 Å². The molecule has 0 N–H and O–H groups in total. The Hall–Kier alpha value is -3.52. The van der Waals surface area contributed by atoms with E-state index in [0.717, 1.165) is 65.0 Å². The molecule has 4 heterocycles. The molecule has 0 unspecified atom stereocenters. The highest BCUT2D eigenvalue weighted by atomic mass is 16.5. The average Bonchev–Trinajstić information content (AvgIpc) is 2.92. The maximum Gasteiger partial charge on any atom is 0.0893 e. The van der Waals surface area contributed by atoms with Crippen LogP contribution in [0.4, 0.5) is 0 Å². The minimum atomic E-state index is -0.0917. The highest BCUT2D eigenvalue weighted by Crippen LogP contribution is 2.18. The van der Waals surface area contributed by atoms with Crippen molar-refractivity contribution in [2.45, 2.75) is 66.0 Å². The Morgan fingerprint density at radius 3 is 1.46 bits per heavy atom. The molecule has 0 aliphatic rings. The second-order valence-electron chi connectivity index (χ2n) is 10.4. The summed E-state index contributed by atoms with van der Waals surface area (Å²) in [5.41, 5.74) is 6.77. The van der Waals surface area contributed by atoms with Gasteiger partial charge in [-0.2, -0.15) is 0 Å².